The summed E-state index contributed by atoms with van der Waals surface area (Å²) in [6, 6.07) is 9.21. The number of pyridine rings is 1. The maximum absolute atomic E-state index is 12.9. The van der Waals surface area contributed by atoms with E-state index in [2.05, 4.69) is 10.3 Å². The van der Waals surface area contributed by atoms with Gasteiger partial charge in [-0.25, -0.2) is 0 Å². The second-order valence-corrected chi connectivity index (χ2v) is 6.08. The number of carbonyl (C=O) groups excluding carboxylic acids is 1. The van der Waals surface area contributed by atoms with E-state index in [9.17, 15) is 4.79 Å². The normalized spacial score (nSPS) is 14.8. The van der Waals surface area contributed by atoms with Gasteiger partial charge in [-0.05, 0) is 55.5 Å². The Morgan fingerprint density at radius 3 is 2.42 bits per heavy atom. The van der Waals surface area contributed by atoms with Crippen molar-refractivity contribution in [3.63, 3.8) is 0 Å². The fraction of sp³-hybridized carbons (Fsp3) is 0.368. The lowest BCUT2D eigenvalue weighted by atomic mass is 10.0. The minimum absolute atomic E-state index is 0.0907. The molecule has 2 aromatic rings. The largest absolute Gasteiger partial charge is 0.496 e. The zero-order valence-electron chi connectivity index (χ0n) is 14.2. The Morgan fingerprint density at radius 2 is 1.88 bits per heavy atom. The molecule has 1 aromatic heterocycles. The Balaban J connectivity index is 1.90. The number of nitrogens with one attached hydrogen (secondary N) is 1. The average Bonchev–Trinajstić information content (AvgIpc) is 3.43. The van der Waals surface area contributed by atoms with Crippen molar-refractivity contribution in [2.24, 2.45) is 5.92 Å². The number of aromatic nitrogens is 1. The maximum Gasteiger partial charge on any atom is 0.259 e. The molecular weight excluding hydrogens is 304 g/mol. The molecule has 0 spiro atoms. The Bertz CT molecular complexity index is 719. The van der Waals surface area contributed by atoms with Crippen LogP contribution in [0.4, 0.5) is 0 Å². The van der Waals surface area contributed by atoms with Crippen LogP contribution in [0.2, 0.25) is 0 Å². The lowest BCUT2D eigenvalue weighted by Crippen LogP contribution is -2.31. The van der Waals surface area contributed by atoms with Crippen LogP contribution < -0.4 is 14.8 Å². The zero-order chi connectivity index (χ0) is 17.1. The molecule has 1 aliphatic rings. The number of hydrogen-bond acceptors (Lipinski definition) is 4. The van der Waals surface area contributed by atoms with Gasteiger partial charge in [-0.15, -0.1) is 0 Å². The van der Waals surface area contributed by atoms with E-state index in [4.69, 9.17) is 9.47 Å². The molecule has 5 heteroatoms. The first-order chi connectivity index (χ1) is 11.6. The van der Waals surface area contributed by atoms with Crippen molar-refractivity contribution >= 4 is 5.91 Å². The van der Waals surface area contributed by atoms with Gasteiger partial charge in [0.2, 0.25) is 0 Å². The molecule has 1 aromatic carbocycles. The van der Waals surface area contributed by atoms with Crippen molar-refractivity contribution in [2.45, 2.75) is 25.8 Å². The maximum atomic E-state index is 12.9. The molecule has 5 nitrogen and oxygen atoms in total. The van der Waals surface area contributed by atoms with Gasteiger partial charge in [-0.2, -0.15) is 0 Å². The molecule has 24 heavy (non-hydrogen) atoms. The molecule has 126 valence electrons. The van der Waals surface area contributed by atoms with E-state index in [0.29, 0.717) is 23.0 Å². The Kier molecular flexibility index (Phi) is 4.69. The molecule has 0 radical (unpaired) electrons. The minimum atomic E-state index is -0.204. The number of amides is 1. The Labute approximate surface area is 142 Å². The quantitative estimate of drug-likeness (QED) is 0.885. The second-order valence-electron chi connectivity index (χ2n) is 6.08. The summed E-state index contributed by atoms with van der Waals surface area (Å²) < 4.78 is 10.7. The molecule has 1 amide bonds. The van der Waals surface area contributed by atoms with E-state index in [-0.39, 0.29) is 11.9 Å². The predicted molar refractivity (Wildman–Crippen MR) is 91.5 cm³/mol. The fourth-order valence-corrected chi connectivity index (χ4v) is 2.88. The predicted octanol–water partition coefficient (Wildman–Crippen LogP) is 3.29. The third-order valence-electron chi connectivity index (χ3n) is 4.29. The van der Waals surface area contributed by atoms with Crippen LogP contribution in [0.25, 0.3) is 0 Å². The van der Waals surface area contributed by atoms with Gasteiger partial charge in [0, 0.05) is 6.20 Å². The molecule has 0 saturated heterocycles. The third kappa shape index (κ3) is 3.35. The highest BCUT2D eigenvalue weighted by Gasteiger charge is 2.35. The summed E-state index contributed by atoms with van der Waals surface area (Å²) in [5.41, 5.74) is 2.45. The molecular formula is C19H22N2O3. The monoisotopic (exact) mass is 326 g/mol. The van der Waals surface area contributed by atoms with Crippen molar-refractivity contribution in [1.29, 1.82) is 0 Å². The van der Waals surface area contributed by atoms with Gasteiger partial charge in [-0.1, -0.05) is 6.07 Å². The van der Waals surface area contributed by atoms with Crippen LogP contribution in [0.1, 0.15) is 40.5 Å². The van der Waals surface area contributed by atoms with E-state index >= 15 is 0 Å². The summed E-state index contributed by atoms with van der Waals surface area (Å²) in [6.07, 6.45) is 3.99. The van der Waals surface area contributed by atoms with Crippen LogP contribution in [0.15, 0.2) is 36.5 Å². The zero-order valence-corrected chi connectivity index (χ0v) is 14.2. The number of ether oxygens (including phenoxy) is 2. The van der Waals surface area contributed by atoms with Gasteiger partial charge in [0.15, 0.2) is 0 Å². The molecule has 1 saturated carbocycles. The van der Waals surface area contributed by atoms with E-state index in [1.165, 1.54) is 0 Å². The van der Waals surface area contributed by atoms with Gasteiger partial charge in [0.1, 0.15) is 17.1 Å². The molecule has 1 aliphatic carbocycles. The van der Waals surface area contributed by atoms with Crippen LogP contribution >= 0.6 is 0 Å². The lowest BCUT2D eigenvalue weighted by molar-refractivity contribution is 0.0924. The average molecular weight is 326 g/mol. The molecule has 3 rings (SSSR count). The SMILES string of the molecule is COc1cccc(OC)c1C(=O)NC(c1cc(C)ccn1)C1CC1. The standard InChI is InChI=1S/C19H22N2O3/c1-12-9-10-20-14(11-12)18(13-7-8-13)21-19(22)17-15(23-2)5-4-6-16(17)24-3/h4-6,9-11,13,18H,7-8H2,1-3H3,(H,21,22). The van der Waals surface area contributed by atoms with E-state index in [1.807, 2.05) is 19.1 Å². The Hall–Kier alpha value is -2.56. The highest BCUT2D eigenvalue weighted by atomic mass is 16.5. The van der Waals surface area contributed by atoms with Crippen molar-refractivity contribution in [1.82, 2.24) is 10.3 Å². The van der Waals surface area contributed by atoms with Gasteiger partial charge in [0.05, 0.1) is 26.0 Å². The van der Waals surface area contributed by atoms with Gasteiger partial charge in [0.25, 0.3) is 5.91 Å². The highest BCUT2D eigenvalue weighted by molar-refractivity contribution is 6.00. The van der Waals surface area contributed by atoms with Crippen LogP contribution in [-0.4, -0.2) is 25.1 Å². The first-order valence-corrected chi connectivity index (χ1v) is 8.08. The molecule has 1 unspecified atom stereocenters. The van der Waals surface area contributed by atoms with Gasteiger partial charge < -0.3 is 14.8 Å². The molecule has 1 atom stereocenters. The summed E-state index contributed by atoms with van der Waals surface area (Å²) in [7, 11) is 3.10. The van der Waals surface area contributed by atoms with Crippen molar-refractivity contribution in [3.8, 4) is 11.5 Å². The first-order valence-electron chi connectivity index (χ1n) is 8.08. The van der Waals surface area contributed by atoms with Crippen molar-refractivity contribution in [2.75, 3.05) is 14.2 Å². The highest BCUT2D eigenvalue weighted by Crippen LogP contribution is 2.41. The summed E-state index contributed by atoms with van der Waals surface area (Å²) >= 11 is 0. The topological polar surface area (TPSA) is 60.5 Å². The van der Waals surface area contributed by atoms with Crippen LogP contribution in [0, 0.1) is 12.8 Å². The smallest absolute Gasteiger partial charge is 0.259 e. The molecule has 1 fully saturated rings. The van der Waals surface area contributed by atoms with E-state index < -0.39 is 0 Å². The summed E-state index contributed by atoms with van der Waals surface area (Å²) in [6.45, 7) is 2.03. The number of benzene rings is 1. The number of rotatable bonds is 6. The van der Waals surface area contributed by atoms with Crippen molar-refractivity contribution in [3.05, 3.63) is 53.3 Å². The number of aryl methyl sites for hydroxylation is 1. The van der Waals surface area contributed by atoms with Crippen LogP contribution in [-0.2, 0) is 0 Å². The molecule has 0 aliphatic heterocycles. The fourth-order valence-electron chi connectivity index (χ4n) is 2.88. The number of methoxy groups -OCH3 is 2. The van der Waals surface area contributed by atoms with Crippen molar-refractivity contribution < 1.29 is 14.3 Å². The Morgan fingerprint density at radius 1 is 1.21 bits per heavy atom. The number of carbonyl (C=O) groups is 1. The van der Waals surface area contributed by atoms with Gasteiger partial charge >= 0.3 is 0 Å². The number of nitrogens with zero attached hydrogens (tertiary/aromatic N) is 1. The summed E-state index contributed by atoms with van der Waals surface area (Å²) in [5.74, 6) is 1.23. The minimum Gasteiger partial charge on any atom is -0.496 e. The summed E-state index contributed by atoms with van der Waals surface area (Å²) in [4.78, 5) is 17.4. The van der Waals surface area contributed by atoms with E-state index in [1.54, 1.807) is 38.6 Å². The van der Waals surface area contributed by atoms with Crippen LogP contribution in [0.5, 0.6) is 11.5 Å². The lowest BCUT2D eigenvalue weighted by Gasteiger charge is -2.20. The summed E-state index contributed by atoms with van der Waals surface area (Å²) in [5, 5.41) is 3.13. The third-order valence-corrected chi connectivity index (χ3v) is 4.29. The molecule has 1 heterocycles. The molecule has 0 bridgehead atoms. The molecule has 1 N–H and O–H groups in total. The van der Waals surface area contributed by atoms with Crippen LogP contribution in [0.3, 0.4) is 0 Å². The number of hydrogen-bond donors (Lipinski definition) is 1. The second kappa shape index (κ2) is 6.91. The van der Waals surface area contributed by atoms with E-state index in [0.717, 1.165) is 24.1 Å². The van der Waals surface area contributed by atoms with Gasteiger partial charge in [-0.3, -0.25) is 9.78 Å². The first kappa shape index (κ1) is 16.3.